The highest BCUT2D eigenvalue weighted by Gasteiger charge is 2.32. The molecular weight excluding hydrogens is 160 g/mol. The van der Waals surface area contributed by atoms with E-state index in [1.165, 1.54) is 0 Å². The van der Waals surface area contributed by atoms with Gasteiger partial charge < -0.3 is 5.11 Å². The van der Waals surface area contributed by atoms with Gasteiger partial charge in [-0.1, -0.05) is 13.8 Å². The Hall–Kier alpha value is -0.180. The van der Waals surface area contributed by atoms with Crippen molar-refractivity contribution in [2.75, 3.05) is 5.75 Å². The fourth-order valence-electron chi connectivity index (χ4n) is 1.59. The molecule has 1 heterocycles. The summed E-state index contributed by atoms with van der Waals surface area (Å²) in [4.78, 5) is 10.6. The third-order valence-corrected chi connectivity index (χ3v) is 3.81. The second-order valence-corrected chi connectivity index (χ2v) is 4.64. The standard InChI is InChI=1S/C8H14O2S/c1-5(8(9)10)7-3-4-11-6(7)2/h5-7H,3-4H2,1-2H3,(H,9,10). The molecule has 1 rings (SSSR count). The average Bonchev–Trinajstić information content (AvgIpc) is 2.33. The van der Waals surface area contributed by atoms with Gasteiger partial charge in [-0.25, -0.2) is 0 Å². The average molecular weight is 174 g/mol. The predicted molar refractivity (Wildman–Crippen MR) is 46.8 cm³/mol. The normalized spacial score (nSPS) is 33.6. The smallest absolute Gasteiger partial charge is 0.306 e. The summed E-state index contributed by atoms with van der Waals surface area (Å²) < 4.78 is 0. The molecule has 2 nitrogen and oxygen atoms in total. The summed E-state index contributed by atoms with van der Waals surface area (Å²) in [6.45, 7) is 3.94. The van der Waals surface area contributed by atoms with Crippen LogP contribution in [-0.2, 0) is 4.79 Å². The third-order valence-electron chi connectivity index (χ3n) is 2.47. The van der Waals surface area contributed by atoms with E-state index in [1.54, 1.807) is 0 Å². The maximum Gasteiger partial charge on any atom is 0.306 e. The second kappa shape index (κ2) is 3.48. The van der Waals surface area contributed by atoms with Crippen LogP contribution < -0.4 is 0 Å². The third kappa shape index (κ3) is 1.89. The molecule has 1 aliphatic heterocycles. The molecule has 3 atom stereocenters. The Morgan fingerprint density at radius 2 is 2.36 bits per heavy atom. The lowest BCUT2D eigenvalue weighted by Gasteiger charge is -2.18. The summed E-state index contributed by atoms with van der Waals surface area (Å²) in [5.41, 5.74) is 0. The Kier molecular flexibility index (Phi) is 2.82. The van der Waals surface area contributed by atoms with Gasteiger partial charge in [0, 0.05) is 5.25 Å². The van der Waals surface area contributed by atoms with Gasteiger partial charge in [0.25, 0.3) is 0 Å². The molecule has 3 heteroatoms. The van der Waals surface area contributed by atoms with Gasteiger partial charge in [-0.3, -0.25) is 4.79 Å². The number of hydrogen-bond donors (Lipinski definition) is 1. The molecule has 0 aromatic rings. The second-order valence-electron chi connectivity index (χ2n) is 3.16. The molecule has 1 N–H and O–H groups in total. The molecule has 3 unspecified atom stereocenters. The zero-order valence-corrected chi connectivity index (χ0v) is 7.73. The van der Waals surface area contributed by atoms with E-state index >= 15 is 0 Å². The Labute approximate surface area is 71.4 Å². The van der Waals surface area contributed by atoms with Crippen molar-refractivity contribution in [2.24, 2.45) is 11.8 Å². The number of thioether (sulfide) groups is 1. The molecule has 0 bridgehead atoms. The van der Waals surface area contributed by atoms with Crippen LogP contribution in [0.25, 0.3) is 0 Å². The van der Waals surface area contributed by atoms with E-state index in [0.29, 0.717) is 11.2 Å². The van der Waals surface area contributed by atoms with E-state index in [9.17, 15) is 4.79 Å². The Morgan fingerprint density at radius 1 is 1.73 bits per heavy atom. The summed E-state index contributed by atoms with van der Waals surface area (Å²) in [5, 5.41) is 9.28. The zero-order chi connectivity index (χ0) is 8.43. The number of carboxylic acids is 1. The van der Waals surface area contributed by atoms with Crippen LogP contribution in [0.4, 0.5) is 0 Å². The Morgan fingerprint density at radius 3 is 2.73 bits per heavy atom. The van der Waals surface area contributed by atoms with Gasteiger partial charge in [0.15, 0.2) is 0 Å². The maximum atomic E-state index is 10.6. The molecule has 0 radical (unpaired) electrons. The summed E-state index contributed by atoms with van der Waals surface area (Å²) in [6.07, 6.45) is 1.07. The largest absolute Gasteiger partial charge is 0.481 e. The molecule has 0 aromatic heterocycles. The van der Waals surface area contributed by atoms with Crippen molar-refractivity contribution >= 4 is 17.7 Å². The van der Waals surface area contributed by atoms with Crippen LogP contribution in [0.2, 0.25) is 0 Å². The molecule has 0 aliphatic carbocycles. The minimum Gasteiger partial charge on any atom is -0.481 e. The Balaban J connectivity index is 2.52. The van der Waals surface area contributed by atoms with Gasteiger partial charge in [-0.2, -0.15) is 11.8 Å². The van der Waals surface area contributed by atoms with E-state index in [1.807, 2.05) is 18.7 Å². The number of hydrogen-bond acceptors (Lipinski definition) is 2. The minimum atomic E-state index is -0.649. The molecular formula is C8H14O2S. The van der Waals surface area contributed by atoms with E-state index in [4.69, 9.17) is 5.11 Å². The summed E-state index contributed by atoms with van der Waals surface area (Å²) in [5.74, 6) is 0.700. The van der Waals surface area contributed by atoms with Crippen LogP contribution in [0.5, 0.6) is 0 Å². The van der Waals surface area contributed by atoms with E-state index in [0.717, 1.165) is 12.2 Å². The monoisotopic (exact) mass is 174 g/mol. The van der Waals surface area contributed by atoms with Crippen molar-refractivity contribution < 1.29 is 9.90 Å². The quantitative estimate of drug-likeness (QED) is 0.694. The van der Waals surface area contributed by atoms with Crippen molar-refractivity contribution in [1.82, 2.24) is 0 Å². The van der Waals surface area contributed by atoms with Crippen molar-refractivity contribution in [2.45, 2.75) is 25.5 Å². The van der Waals surface area contributed by atoms with Crippen molar-refractivity contribution in [3.63, 3.8) is 0 Å². The highest BCUT2D eigenvalue weighted by molar-refractivity contribution is 8.00. The minimum absolute atomic E-state index is 0.167. The van der Waals surface area contributed by atoms with Gasteiger partial charge >= 0.3 is 5.97 Å². The SMILES string of the molecule is CC1SCCC1C(C)C(=O)O. The van der Waals surface area contributed by atoms with E-state index in [2.05, 4.69) is 6.92 Å². The fraction of sp³-hybridized carbons (Fsp3) is 0.875. The van der Waals surface area contributed by atoms with Gasteiger partial charge in [0.1, 0.15) is 0 Å². The molecule has 0 saturated carbocycles. The van der Waals surface area contributed by atoms with E-state index < -0.39 is 5.97 Å². The molecule has 64 valence electrons. The first kappa shape index (κ1) is 8.91. The first-order valence-electron chi connectivity index (χ1n) is 3.97. The first-order chi connectivity index (χ1) is 5.13. The number of carboxylic acid groups (broad SMARTS) is 1. The van der Waals surface area contributed by atoms with Gasteiger partial charge in [-0.05, 0) is 18.1 Å². The predicted octanol–water partition coefficient (Wildman–Crippen LogP) is 1.85. The van der Waals surface area contributed by atoms with Crippen LogP contribution in [0.3, 0.4) is 0 Å². The first-order valence-corrected chi connectivity index (χ1v) is 5.02. The lowest BCUT2D eigenvalue weighted by atomic mass is 9.89. The van der Waals surface area contributed by atoms with Crippen molar-refractivity contribution in [3.8, 4) is 0 Å². The van der Waals surface area contributed by atoms with Crippen molar-refractivity contribution in [1.29, 1.82) is 0 Å². The molecule has 1 saturated heterocycles. The fourth-order valence-corrected chi connectivity index (χ4v) is 2.99. The highest BCUT2D eigenvalue weighted by Crippen LogP contribution is 2.36. The lowest BCUT2D eigenvalue weighted by Crippen LogP contribution is -2.24. The van der Waals surface area contributed by atoms with Gasteiger partial charge in [0.05, 0.1) is 5.92 Å². The van der Waals surface area contributed by atoms with Crippen LogP contribution in [-0.4, -0.2) is 22.1 Å². The molecule has 0 amide bonds. The summed E-state index contributed by atoms with van der Waals surface area (Å²) in [7, 11) is 0. The van der Waals surface area contributed by atoms with Gasteiger partial charge in [-0.15, -0.1) is 0 Å². The summed E-state index contributed by atoms with van der Waals surface area (Å²) >= 11 is 1.89. The number of aliphatic carboxylic acids is 1. The molecule has 1 fully saturated rings. The Bertz CT molecular complexity index is 158. The van der Waals surface area contributed by atoms with Crippen LogP contribution in [0.15, 0.2) is 0 Å². The molecule has 0 spiro atoms. The maximum absolute atomic E-state index is 10.6. The van der Waals surface area contributed by atoms with Crippen LogP contribution >= 0.6 is 11.8 Å². The van der Waals surface area contributed by atoms with Crippen LogP contribution in [0.1, 0.15) is 20.3 Å². The van der Waals surface area contributed by atoms with Crippen molar-refractivity contribution in [3.05, 3.63) is 0 Å². The summed E-state index contributed by atoms with van der Waals surface area (Å²) in [6, 6.07) is 0. The van der Waals surface area contributed by atoms with Gasteiger partial charge in [0.2, 0.25) is 0 Å². The van der Waals surface area contributed by atoms with Crippen LogP contribution in [0, 0.1) is 11.8 Å². The highest BCUT2D eigenvalue weighted by atomic mass is 32.2. The number of carbonyl (C=O) groups is 1. The van der Waals surface area contributed by atoms with E-state index in [-0.39, 0.29) is 5.92 Å². The number of rotatable bonds is 2. The zero-order valence-electron chi connectivity index (χ0n) is 6.91. The topological polar surface area (TPSA) is 37.3 Å². The lowest BCUT2D eigenvalue weighted by molar-refractivity contribution is -0.142. The molecule has 1 aliphatic rings. The molecule has 11 heavy (non-hydrogen) atoms. The molecule has 0 aromatic carbocycles.